The summed E-state index contributed by atoms with van der Waals surface area (Å²) in [5.74, 6) is 0.733. The third kappa shape index (κ3) is 5.17. The van der Waals surface area contributed by atoms with Gasteiger partial charge in [0.15, 0.2) is 0 Å². The minimum atomic E-state index is 0.213. The van der Waals surface area contributed by atoms with Crippen molar-refractivity contribution in [1.82, 2.24) is 10.6 Å². The zero-order valence-electron chi connectivity index (χ0n) is 10.0. The average Bonchev–Trinajstić information content (AvgIpc) is 2.67. The van der Waals surface area contributed by atoms with Crippen molar-refractivity contribution >= 4 is 5.91 Å². The van der Waals surface area contributed by atoms with Gasteiger partial charge in [0, 0.05) is 19.0 Å². The molecule has 1 aliphatic heterocycles. The fraction of sp³-hybridized carbons (Fsp3) is 0.917. The van der Waals surface area contributed by atoms with Gasteiger partial charge in [0.25, 0.3) is 0 Å². The van der Waals surface area contributed by atoms with Crippen LogP contribution in [0.3, 0.4) is 0 Å². The van der Waals surface area contributed by atoms with Crippen LogP contribution in [0, 0.1) is 5.92 Å². The summed E-state index contributed by atoms with van der Waals surface area (Å²) in [6.07, 6.45) is 5.44. The third-order valence-electron chi connectivity index (χ3n) is 3.02. The second-order valence-corrected chi connectivity index (χ2v) is 4.70. The number of carbonyl (C=O) groups is 1. The van der Waals surface area contributed by atoms with Gasteiger partial charge in [-0.25, -0.2) is 0 Å². The van der Waals surface area contributed by atoms with E-state index >= 15 is 0 Å². The summed E-state index contributed by atoms with van der Waals surface area (Å²) < 4.78 is 0. The predicted molar refractivity (Wildman–Crippen MR) is 62.7 cm³/mol. The Bertz CT molecular complexity index is 188. The largest absolute Gasteiger partial charge is 0.355 e. The summed E-state index contributed by atoms with van der Waals surface area (Å²) in [7, 11) is 0. The van der Waals surface area contributed by atoms with Crippen molar-refractivity contribution in [3.8, 4) is 0 Å². The maximum Gasteiger partial charge on any atom is 0.220 e. The van der Waals surface area contributed by atoms with Gasteiger partial charge in [-0.15, -0.1) is 0 Å². The highest BCUT2D eigenvalue weighted by Crippen LogP contribution is 2.09. The van der Waals surface area contributed by atoms with E-state index in [-0.39, 0.29) is 5.91 Å². The monoisotopic (exact) mass is 212 g/mol. The minimum absolute atomic E-state index is 0.213. The van der Waals surface area contributed by atoms with Crippen LogP contribution in [0.4, 0.5) is 0 Å². The van der Waals surface area contributed by atoms with Crippen molar-refractivity contribution in [3.05, 3.63) is 0 Å². The van der Waals surface area contributed by atoms with Crippen molar-refractivity contribution in [2.24, 2.45) is 5.92 Å². The molecule has 0 saturated carbocycles. The molecule has 1 saturated heterocycles. The van der Waals surface area contributed by atoms with Crippen molar-refractivity contribution < 1.29 is 4.79 Å². The number of amides is 1. The maximum atomic E-state index is 11.5. The molecule has 0 radical (unpaired) electrons. The molecule has 0 bridgehead atoms. The first-order valence-corrected chi connectivity index (χ1v) is 6.22. The molecule has 1 rings (SSSR count). The van der Waals surface area contributed by atoms with Crippen LogP contribution in [0.5, 0.6) is 0 Å². The molecule has 2 N–H and O–H groups in total. The molecule has 2 unspecified atom stereocenters. The second kappa shape index (κ2) is 6.83. The van der Waals surface area contributed by atoms with Crippen LogP contribution in [-0.4, -0.2) is 25.0 Å². The summed E-state index contributed by atoms with van der Waals surface area (Å²) in [6.45, 7) is 6.22. The fourth-order valence-electron chi connectivity index (χ4n) is 2.15. The second-order valence-electron chi connectivity index (χ2n) is 4.70. The number of hydrogen-bond donors (Lipinski definition) is 2. The Morgan fingerprint density at radius 3 is 3.00 bits per heavy atom. The van der Waals surface area contributed by atoms with Gasteiger partial charge in [-0.3, -0.25) is 4.79 Å². The van der Waals surface area contributed by atoms with Gasteiger partial charge in [-0.2, -0.15) is 0 Å². The van der Waals surface area contributed by atoms with E-state index in [0.717, 1.165) is 19.5 Å². The molecule has 15 heavy (non-hydrogen) atoms. The Morgan fingerprint density at radius 1 is 1.60 bits per heavy atom. The summed E-state index contributed by atoms with van der Waals surface area (Å²) in [5, 5.41) is 6.39. The predicted octanol–water partition coefficient (Wildman–Crippen LogP) is 1.68. The van der Waals surface area contributed by atoms with Gasteiger partial charge in [0.05, 0.1) is 0 Å². The zero-order chi connectivity index (χ0) is 11.1. The van der Waals surface area contributed by atoms with Crippen molar-refractivity contribution in [2.45, 2.75) is 52.0 Å². The number of hydrogen-bond acceptors (Lipinski definition) is 2. The molecule has 1 fully saturated rings. The van der Waals surface area contributed by atoms with E-state index in [4.69, 9.17) is 0 Å². The van der Waals surface area contributed by atoms with Gasteiger partial charge in [0.2, 0.25) is 5.91 Å². The molecule has 0 aliphatic carbocycles. The summed E-state index contributed by atoms with van der Waals surface area (Å²) in [6, 6.07) is 0.510. The van der Waals surface area contributed by atoms with E-state index in [2.05, 4.69) is 24.5 Å². The van der Waals surface area contributed by atoms with Crippen LogP contribution >= 0.6 is 0 Å². The van der Waals surface area contributed by atoms with Crippen molar-refractivity contribution in [3.63, 3.8) is 0 Å². The molecule has 1 heterocycles. The minimum Gasteiger partial charge on any atom is -0.355 e. The van der Waals surface area contributed by atoms with Crippen LogP contribution in [0.2, 0.25) is 0 Å². The lowest BCUT2D eigenvalue weighted by molar-refractivity contribution is -0.122. The molecule has 1 aliphatic rings. The van der Waals surface area contributed by atoms with Gasteiger partial charge in [0.1, 0.15) is 0 Å². The normalized spacial score (nSPS) is 22.7. The summed E-state index contributed by atoms with van der Waals surface area (Å²) in [4.78, 5) is 11.5. The topological polar surface area (TPSA) is 41.1 Å². The van der Waals surface area contributed by atoms with Gasteiger partial charge in [-0.1, -0.05) is 26.7 Å². The van der Waals surface area contributed by atoms with Crippen LogP contribution in [0.25, 0.3) is 0 Å². The highest BCUT2D eigenvalue weighted by atomic mass is 16.1. The third-order valence-corrected chi connectivity index (χ3v) is 3.02. The molecular weight excluding hydrogens is 188 g/mol. The fourth-order valence-corrected chi connectivity index (χ4v) is 2.15. The van der Waals surface area contributed by atoms with Crippen molar-refractivity contribution in [1.29, 1.82) is 0 Å². The molecule has 88 valence electrons. The lowest BCUT2D eigenvalue weighted by Crippen LogP contribution is -2.37. The summed E-state index contributed by atoms with van der Waals surface area (Å²) in [5.41, 5.74) is 0. The smallest absolute Gasteiger partial charge is 0.220 e. The van der Waals surface area contributed by atoms with E-state index in [1.54, 1.807) is 0 Å². The SMILES string of the molecule is CCCC(C)CC(=O)NCC1CCCN1. The van der Waals surface area contributed by atoms with Crippen LogP contribution < -0.4 is 10.6 Å². The van der Waals surface area contributed by atoms with E-state index in [1.165, 1.54) is 19.3 Å². The quantitative estimate of drug-likeness (QED) is 0.703. The first kappa shape index (κ1) is 12.5. The Balaban J connectivity index is 2.07. The van der Waals surface area contributed by atoms with Gasteiger partial charge >= 0.3 is 0 Å². The Morgan fingerprint density at radius 2 is 2.40 bits per heavy atom. The Labute approximate surface area is 93.0 Å². The highest BCUT2D eigenvalue weighted by Gasteiger charge is 2.15. The molecule has 0 aromatic carbocycles. The van der Waals surface area contributed by atoms with Crippen molar-refractivity contribution in [2.75, 3.05) is 13.1 Å². The first-order chi connectivity index (χ1) is 7.22. The molecule has 3 nitrogen and oxygen atoms in total. The standard InChI is InChI=1S/C12H24N2O/c1-3-5-10(2)8-12(15)14-9-11-6-4-7-13-11/h10-11,13H,3-9H2,1-2H3,(H,14,15). The maximum absolute atomic E-state index is 11.5. The number of nitrogens with one attached hydrogen (secondary N) is 2. The van der Waals surface area contributed by atoms with Crippen LogP contribution in [0.1, 0.15) is 46.0 Å². The highest BCUT2D eigenvalue weighted by molar-refractivity contribution is 5.76. The Kier molecular flexibility index (Phi) is 5.69. The van der Waals surface area contributed by atoms with E-state index in [0.29, 0.717) is 18.4 Å². The zero-order valence-corrected chi connectivity index (χ0v) is 10.0. The summed E-state index contributed by atoms with van der Waals surface area (Å²) >= 11 is 0. The lowest BCUT2D eigenvalue weighted by Gasteiger charge is -2.13. The first-order valence-electron chi connectivity index (χ1n) is 6.22. The van der Waals surface area contributed by atoms with Gasteiger partial charge in [-0.05, 0) is 25.3 Å². The molecule has 0 spiro atoms. The molecular formula is C12H24N2O. The number of rotatable bonds is 6. The molecule has 2 atom stereocenters. The lowest BCUT2D eigenvalue weighted by atomic mass is 10.0. The van der Waals surface area contributed by atoms with Crippen LogP contribution in [-0.2, 0) is 4.79 Å². The van der Waals surface area contributed by atoms with Crippen LogP contribution in [0.15, 0.2) is 0 Å². The average molecular weight is 212 g/mol. The molecule has 1 amide bonds. The van der Waals surface area contributed by atoms with E-state index in [1.807, 2.05) is 0 Å². The Hall–Kier alpha value is -0.570. The molecule has 0 aromatic heterocycles. The number of carbonyl (C=O) groups excluding carboxylic acids is 1. The van der Waals surface area contributed by atoms with Gasteiger partial charge < -0.3 is 10.6 Å². The molecule has 0 aromatic rings. The van der Waals surface area contributed by atoms with E-state index < -0.39 is 0 Å². The molecule has 3 heteroatoms. The van der Waals surface area contributed by atoms with E-state index in [9.17, 15) is 4.79 Å².